The van der Waals surface area contributed by atoms with E-state index in [2.05, 4.69) is 21.4 Å². The molecule has 0 bridgehead atoms. The zero-order valence-corrected chi connectivity index (χ0v) is 10.0. The minimum absolute atomic E-state index is 0.397. The first kappa shape index (κ1) is 12.1. The third-order valence-electron chi connectivity index (χ3n) is 2.91. The summed E-state index contributed by atoms with van der Waals surface area (Å²) in [6.45, 7) is 3.75. The van der Waals surface area contributed by atoms with E-state index in [-0.39, 0.29) is 0 Å². The molecule has 5 nitrogen and oxygen atoms in total. The molecule has 1 aliphatic rings. The third-order valence-corrected chi connectivity index (χ3v) is 2.91. The molecular formula is C12H17N3O2. The van der Waals surface area contributed by atoms with E-state index in [9.17, 15) is 0 Å². The van der Waals surface area contributed by atoms with Crippen molar-refractivity contribution in [1.29, 1.82) is 0 Å². The fourth-order valence-corrected chi connectivity index (χ4v) is 1.89. The Hall–Kier alpha value is -1.38. The van der Waals surface area contributed by atoms with Crippen LogP contribution in [0.4, 0.5) is 0 Å². The number of hydrogen-bond acceptors (Lipinski definition) is 5. The van der Waals surface area contributed by atoms with E-state index in [1.54, 1.807) is 0 Å². The summed E-state index contributed by atoms with van der Waals surface area (Å²) in [5.74, 6) is 3.67. The quantitative estimate of drug-likeness (QED) is 0.628. The number of hydrogen-bond donors (Lipinski definition) is 1. The van der Waals surface area contributed by atoms with E-state index in [1.165, 1.54) is 0 Å². The van der Waals surface area contributed by atoms with Crippen molar-refractivity contribution in [3.05, 3.63) is 11.7 Å². The Morgan fingerprint density at radius 1 is 1.53 bits per heavy atom. The van der Waals surface area contributed by atoms with E-state index in [4.69, 9.17) is 15.7 Å². The summed E-state index contributed by atoms with van der Waals surface area (Å²) < 4.78 is 10.9. The van der Waals surface area contributed by atoms with Crippen LogP contribution in [0.3, 0.4) is 0 Å². The van der Waals surface area contributed by atoms with Crippen LogP contribution in [-0.2, 0) is 16.9 Å². The van der Waals surface area contributed by atoms with Crippen LogP contribution in [-0.4, -0.2) is 23.3 Å². The lowest BCUT2D eigenvalue weighted by molar-refractivity contribution is -0.0770. The van der Waals surface area contributed by atoms with Crippen molar-refractivity contribution < 1.29 is 9.26 Å². The standard InChI is InChI=1S/C12H17N3O2/c1-3-7-13-9-10-14-11(15-17-10)12(2)6-4-5-8-16-12/h1,13H,4-9H2,2H3. The molecule has 0 aliphatic carbocycles. The van der Waals surface area contributed by atoms with Gasteiger partial charge < -0.3 is 9.26 Å². The SMILES string of the molecule is C#CCNCc1nc(C2(C)CCCCO2)no1. The Morgan fingerprint density at radius 3 is 3.12 bits per heavy atom. The Morgan fingerprint density at radius 2 is 2.41 bits per heavy atom. The van der Waals surface area contributed by atoms with E-state index in [0.717, 1.165) is 25.9 Å². The molecule has 2 rings (SSSR count). The zero-order chi connectivity index (χ0) is 12.1. The van der Waals surface area contributed by atoms with Crippen molar-refractivity contribution in [1.82, 2.24) is 15.5 Å². The molecule has 17 heavy (non-hydrogen) atoms. The highest BCUT2D eigenvalue weighted by atomic mass is 16.5. The van der Waals surface area contributed by atoms with Gasteiger partial charge in [-0.25, -0.2) is 0 Å². The van der Waals surface area contributed by atoms with Gasteiger partial charge in [-0.15, -0.1) is 6.42 Å². The molecule has 1 aromatic heterocycles. The molecule has 1 unspecified atom stereocenters. The van der Waals surface area contributed by atoms with E-state index in [0.29, 0.717) is 24.8 Å². The van der Waals surface area contributed by atoms with Crippen LogP contribution in [0.15, 0.2) is 4.52 Å². The molecule has 0 aromatic carbocycles. The van der Waals surface area contributed by atoms with Crippen molar-refractivity contribution in [2.24, 2.45) is 0 Å². The van der Waals surface area contributed by atoms with Crippen molar-refractivity contribution in [3.63, 3.8) is 0 Å². The molecule has 0 spiro atoms. The van der Waals surface area contributed by atoms with E-state index < -0.39 is 5.60 Å². The molecule has 1 aliphatic heterocycles. The highest BCUT2D eigenvalue weighted by Crippen LogP contribution is 2.32. The third kappa shape index (κ3) is 2.84. The van der Waals surface area contributed by atoms with Gasteiger partial charge in [0, 0.05) is 6.61 Å². The normalized spacial score (nSPS) is 24.5. The number of nitrogens with zero attached hydrogens (tertiary/aromatic N) is 2. The second-order valence-corrected chi connectivity index (χ2v) is 4.36. The highest BCUT2D eigenvalue weighted by Gasteiger charge is 2.34. The predicted octanol–water partition coefficient (Wildman–Crippen LogP) is 1.21. The Bertz CT molecular complexity index is 402. The summed E-state index contributed by atoms with van der Waals surface area (Å²) in [6, 6.07) is 0. The Kier molecular flexibility index (Phi) is 3.77. The summed E-state index contributed by atoms with van der Waals surface area (Å²) in [5, 5.41) is 6.99. The fraction of sp³-hybridized carbons (Fsp3) is 0.667. The second-order valence-electron chi connectivity index (χ2n) is 4.36. The van der Waals surface area contributed by atoms with Crippen LogP contribution in [0, 0.1) is 12.3 Å². The van der Waals surface area contributed by atoms with Gasteiger partial charge in [-0.1, -0.05) is 11.1 Å². The highest BCUT2D eigenvalue weighted by molar-refractivity contribution is 5.01. The maximum Gasteiger partial charge on any atom is 0.240 e. The Balaban J connectivity index is 1.99. The van der Waals surface area contributed by atoms with Gasteiger partial charge >= 0.3 is 0 Å². The van der Waals surface area contributed by atoms with Crippen molar-refractivity contribution in [2.75, 3.05) is 13.2 Å². The van der Waals surface area contributed by atoms with Crippen LogP contribution in [0.5, 0.6) is 0 Å². The van der Waals surface area contributed by atoms with Gasteiger partial charge in [-0.05, 0) is 26.2 Å². The molecule has 1 fully saturated rings. The predicted molar refractivity (Wildman–Crippen MR) is 62.0 cm³/mol. The van der Waals surface area contributed by atoms with Crippen molar-refractivity contribution in [3.8, 4) is 12.3 Å². The zero-order valence-electron chi connectivity index (χ0n) is 10.0. The topological polar surface area (TPSA) is 60.2 Å². The number of rotatable bonds is 4. The fourth-order valence-electron chi connectivity index (χ4n) is 1.89. The van der Waals surface area contributed by atoms with E-state index >= 15 is 0 Å². The lowest BCUT2D eigenvalue weighted by atomic mass is 9.95. The first-order valence-electron chi connectivity index (χ1n) is 5.86. The molecule has 0 saturated carbocycles. The van der Waals surface area contributed by atoms with Gasteiger partial charge in [0.1, 0.15) is 5.60 Å². The van der Waals surface area contributed by atoms with Crippen molar-refractivity contribution >= 4 is 0 Å². The summed E-state index contributed by atoms with van der Waals surface area (Å²) >= 11 is 0. The minimum atomic E-state index is -0.397. The molecule has 1 N–H and O–H groups in total. The number of ether oxygens (including phenoxy) is 1. The molecule has 1 aromatic rings. The van der Waals surface area contributed by atoms with Gasteiger partial charge in [-0.2, -0.15) is 4.98 Å². The summed E-state index contributed by atoms with van der Waals surface area (Å²) in [7, 11) is 0. The monoisotopic (exact) mass is 235 g/mol. The van der Waals surface area contributed by atoms with Gasteiger partial charge in [0.2, 0.25) is 11.7 Å². The average molecular weight is 235 g/mol. The number of nitrogens with one attached hydrogen (secondary N) is 1. The minimum Gasteiger partial charge on any atom is -0.367 e. The van der Waals surface area contributed by atoms with Gasteiger partial charge in [0.05, 0.1) is 13.1 Å². The molecule has 1 atom stereocenters. The smallest absolute Gasteiger partial charge is 0.240 e. The largest absolute Gasteiger partial charge is 0.367 e. The van der Waals surface area contributed by atoms with Gasteiger partial charge in [0.25, 0.3) is 0 Å². The maximum atomic E-state index is 5.75. The van der Waals surface area contributed by atoms with Crippen LogP contribution in [0.25, 0.3) is 0 Å². The summed E-state index contributed by atoms with van der Waals surface area (Å²) in [5.41, 5.74) is -0.397. The number of terminal acetylenes is 1. The molecule has 0 radical (unpaired) electrons. The average Bonchev–Trinajstić information content (AvgIpc) is 2.80. The molecule has 92 valence electrons. The van der Waals surface area contributed by atoms with Crippen LogP contribution in [0.1, 0.15) is 37.9 Å². The van der Waals surface area contributed by atoms with Crippen LogP contribution < -0.4 is 5.32 Å². The van der Waals surface area contributed by atoms with Crippen molar-refractivity contribution in [2.45, 2.75) is 38.3 Å². The first-order chi connectivity index (χ1) is 8.24. The number of aromatic nitrogens is 2. The van der Waals surface area contributed by atoms with Gasteiger partial charge in [0.15, 0.2) is 0 Å². The van der Waals surface area contributed by atoms with Crippen LogP contribution >= 0.6 is 0 Å². The summed E-state index contributed by atoms with van der Waals surface area (Å²) in [6.07, 6.45) is 8.31. The molecule has 5 heteroatoms. The lowest BCUT2D eigenvalue weighted by Crippen LogP contribution is -2.31. The molecule has 2 heterocycles. The maximum absolute atomic E-state index is 5.75. The summed E-state index contributed by atoms with van der Waals surface area (Å²) in [4.78, 5) is 4.34. The van der Waals surface area contributed by atoms with Crippen LogP contribution in [0.2, 0.25) is 0 Å². The van der Waals surface area contributed by atoms with E-state index in [1.807, 2.05) is 6.92 Å². The molecule has 1 saturated heterocycles. The molecular weight excluding hydrogens is 218 g/mol. The molecule has 0 amide bonds. The van der Waals surface area contributed by atoms with Gasteiger partial charge in [-0.3, -0.25) is 5.32 Å². The Labute approximate surface area is 101 Å². The first-order valence-corrected chi connectivity index (χ1v) is 5.86. The second kappa shape index (κ2) is 5.30. The lowest BCUT2D eigenvalue weighted by Gasteiger charge is -2.30.